The van der Waals surface area contributed by atoms with Crippen molar-refractivity contribution >= 4 is 11.6 Å². The van der Waals surface area contributed by atoms with Gasteiger partial charge in [0.25, 0.3) is 5.91 Å². The van der Waals surface area contributed by atoms with Gasteiger partial charge in [-0.3, -0.25) is 9.78 Å². The van der Waals surface area contributed by atoms with E-state index >= 15 is 0 Å². The molecule has 1 N–H and O–H groups in total. The molecule has 25 heavy (non-hydrogen) atoms. The first-order valence-electron chi connectivity index (χ1n) is 7.65. The molecule has 0 atom stereocenters. The van der Waals surface area contributed by atoms with Gasteiger partial charge in [0, 0.05) is 23.6 Å². The van der Waals surface area contributed by atoms with E-state index < -0.39 is 0 Å². The van der Waals surface area contributed by atoms with Crippen LogP contribution in [-0.2, 0) is 0 Å². The average Bonchev–Trinajstić information content (AvgIpc) is 2.64. The van der Waals surface area contributed by atoms with Crippen LogP contribution >= 0.6 is 0 Å². The fraction of sp³-hybridized carbons (Fsp3) is 0.105. The maximum absolute atomic E-state index is 12.4. The zero-order chi connectivity index (χ0) is 17.6. The van der Waals surface area contributed by atoms with E-state index in [1.165, 1.54) is 6.20 Å². The number of methoxy groups -OCH3 is 1. The summed E-state index contributed by atoms with van der Waals surface area (Å²) in [6.07, 6.45) is 4.66. The molecular weight excluding hydrogens is 318 g/mol. The van der Waals surface area contributed by atoms with E-state index in [-0.39, 0.29) is 5.91 Å². The Morgan fingerprint density at radius 2 is 1.88 bits per heavy atom. The van der Waals surface area contributed by atoms with E-state index in [1.807, 2.05) is 13.0 Å². The lowest BCUT2D eigenvalue weighted by molar-refractivity contribution is 0.102. The van der Waals surface area contributed by atoms with Crippen molar-refractivity contribution in [1.82, 2.24) is 9.97 Å². The predicted octanol–water partition coefficient (Wildman–Crippen LogP) is 3.84. The summed E-state index contributed by atoms with van der Waals surface area (Å²) in [4.78, 5) is 20.3. The predicted molar refractivity (Wildman–Crippen MR) is 94.2 cm³/mol. The number of carbonyl (C=O) groups is 1. The number of hydrogen-bond acceptors (Lipinski definition) is 5. The normalized spacial score (nSPS) is 10.2. The van der Waals surface area contributed by atoms with Gasteiger partial charge in [-0.1, -0.05) is 6.07 Å². The van der Waals surface area contributed by atoms with Gasteiger partial charge in [0.1, 0.15) is 11.5 Å². The fourth-order valence-electron chi connectivity index (χ4n) is 2.23. The minimum atomic E-state index is -0.208. The van der Waals surface area contributed by atoms with E-state index in [4.69, 9.17) is 9.47 Å². The van der Waals surface area contributed by atoms with E-state index in [9.17, 15) is 4.79 Å². The summed E-state index contributed by atoms with van der Waals surface area (Å²) in [5.74, 6) is 1.49. The lowest BCUT2D eigenvalue weighted by Gasteiger charge is -2.09. The van der Waals surface area contributed by atoms with Crippen molar-refractivity contribution in [3.63, 3.8) is 0 Å². The van der Waals surface area contributed by atoms with Gasteiger partial charge in [0.2, 0.25) is 5.88 Å². The van der Waals surface area contributed by atoms with Gasteiger partial charge in [0.15, 0.2) is 0 Å². The van der Waals surface area contributed by atoms with Crippen LogP contribution in [0.5, 0.6) is 17.4 Å². The molecule has 0 saturated carbocycles. The molecule has 6 nitrogen and oxygen atoms in total. The Morgan fingerprint density at radius 1 is 1.08 bits per heavy atom. The molecule has 0 aliphatic rings. The zero-order valence-corrected chi connectivity index (χ0v) is 13.9. The Hall–Kier alpha value is -3.41. The van der Waals surface area contributed by atoms with E-state index in [1.54, 1.807) is 55.9 Å². The van der Waals surface area contributed by atoms with Crippen molar-refractivity contribution in [2.75, 3.05) is 12.4 Å². The summed E-state index contributed by atoms with van der Waals surface area (Å²) < 4.78 is 10.8. The Morgan fingerprint density at radius 3 is 2.56 bits per heavy atom. The van der Waals surface area contributed by atoms with Crippen molar-refractivity contribution in [3.8, 4) is 17.4 Å². The van der Waals surface area contributed by atoms with Crippen LogP contribution < -0.4 is 14.8 Å². The molecule has 0 aliphatic heterocycles. The number of ether oxygens (including phenoxy) is 2. The van der Waals surface area contributed by atoms with Crippen LogP contribution in [0.1, 0.15) is 15.9 Å². The molecule has 2 aromatic carbocycles. The molecular formula is C19H17N3O3. The van der Waals surface area contributed by atoms with Crippen molar-refractivity contribution in [2.45, 2.75) is 6.92 Å². The zero-order valence-electron chi connectivity index (χ0n) is 13.9. The summed E-state index contributed by atoms with van der Waals surface area (Å²) in [7, 11) is 1.58. The van der Waals surface area contributed by atoms with Crippen LogP contribution in [0, 0.1) is 6.92 Å². The van der Waals surface area contributed by atoms with Crippen LogP contribution in [0.3, 0.4) is 0 Å². The van der Waals surface area contributed by atoms with Gasteiger partial charge in [0.05, 0.1) is 13.3 Å². The third-order valence-electron chi connectivity index (χ3n) is 3.54. The van der Waals surface area contributed by atoms with Gasteiger partial charge in [-0.2, -0.15) is 0 Å². The molecule has 126 valence electrons. The van der Waals surface area contributed by atoms with E-state index in [0.29, 0.717) is 28.6 Å². The number of aryl methyl sites for hydroxylation is 1. The van der Waals surface area contributed by atoms with Gasteiger partial charge in [-0.15, -0.1) is 0 Å². The third-order valence-corrected chi connectivity index (χ3v) is 3.54. The molecule has 0 aliphatic carbocycles. The van der Waals surface area contributed by atoms with Crippen LogP contribution in [0.2, 0.25) is 0 Å². The highest BCUT2D eigenvalue weighted by Gasteiger charge is 2.09. The average molecular weight is 335 g/mol. The number of rotatable bonds is 5. The SMILES string of the molecule is COc1cc(C(=O)Nc2ccc(Oc3cnccn3)cc2)ccc1C. The molecule has 0 radical (unpaired) electrons. The number of nitrogens with zero attached hydrogens (tertiary/aromatic N) is 2. The van der Waals surface area contributed by atoms with Crippen molar-refractivity contribution in [2.24, 2.45) is 0 Å². The number of amides is 1. The van der Waals surface area contributed by atoms with Crippen molar-refractivity contribution in [1.29, 1.82) is 0 Å². The molecule has 0 saturated heterocycles. The fourth-order valence-corrected chi connectivity index (χ4v) is 2.23. The Labute approximate surface area is 145 Å². The van der Waals surface area contributed by atoms with Gasteiger partial charge >= 0.3 is 0 Å². The van der Waals surface area contributed by atoms with Gasteiger partial charge < -0.3 is 14.8 Å². The number of aromatic nitrogens is 2. The van der Waals surface area contributed by atoms with Crippen LogP contribution in [-0.4, -0.2) is 23.0 Å². The molecule has 6 heteroatoms. The first-order valence-corrected chi connectivity index (χ1v) is 7.65. The van der Waals surface area contributed by atoms with E-state index in [2.05, 4.69) is 15.3 Å². The van der Waals surface area contributed by atoms with Gasteiger partial charge in [-0.25, -0.2) is 4.98 Å². The Kier molecular flexibility index (Phi) is 4.89. The topological polar surface area (TPSA) is 73.3 Å². The molecule has 0 bridgehead atoms. The summed E-state index contributed by atoms with van der Waals surface area (Å²) in [5, 5.41) is 2.84. The summed E-state index contributed by atoms with van der Waals surface area (Å²) in [6, 6.07) is 12.4. The third kappa shape index (κ3) is 4.11. The summed E-state index contributed by atoms with van der Waals surface area (Å²) in [5.41, 5.74) is 2.17. The first-order chi connectivity index (χ1) is 12.2. The largest absolute Gasteiger partial charge is 0.496 e. The molecule has 0 unspecified atom stereocenters. The molecule has 1 heterocycles. The highest BCUT2D eigenvalue weighted by atomic mass is 16.5. The maximum atomic E-state index is 12.4. The second-order valence-corrected chi connectivity index (χ2v) is 5.31. The molecule has 0 fully saturated rings. The van der Waals surface area contributed by atoms with Crippen molar-refractivity contribution in [3.05, 3.63) is 72.2 Å². The highest BCUT2D eigenvalue weighted by Crippen LogP contribution is 2.22. The number of nitrogens with one attached hydrogen (secondary N) is 1. The van der Waals surface area contributed by atoms with Gasteiger partial charge in [-0.05, 0) is 48.9 Å². The Bertz CT molecular complexity index is 865. The minimum absolute atomic E-state index is 0.208. The first kappa shape index (κ1) is 16.4. The van der Waals surface area contributed by atoms with E-state index in [0.717, 1.165) is 5.56 Å². The molecule has 0 spiro atoms. The van der Waals surface area contributed by atoms with Crippen LogP contribution in [0.25, 0.3) is 0 Å². The Balaban J connectivity index is 1.68. The molecule has 1 amide bonds. The molecule has 1 aromatic heterocycles. The summed E-state index contributed by atoms with van der Waals surface area (Å²) >= 11 is 0. The number of anilines is 1. The standard InChI is InChI=1S/C19H17N3O3/c1-13-3-4-14(11-17(13)24-2)19(23)22-15-5-7-16(8-6-15)25-18-12-20-9-10-21-18/h3-12H,1-2H3,(H,22,23). The lowest BCUT2D eigenvalue weighted by Crippen LogP contribution is -2.12. The number of hydrogen-bond donors (Lipinski definition) is 1. The minimum Gasteiger partial charge on any atom is -0.496 e. The highest BCUT2D eigenvalue weighted by molar-refractivity contribution is 6.04. The second-order valence-electron chi connectivity index (χ2n) is 5.31. The van der Waals surface area contributed by atoms with Crippen LogP contribution in [0.4, 0.5) is 5.69 Å². The quantitative estimate of drug-likeness (QED) is 0.767. The smallest absolute Gasteiger partial charge is 0.255 e. The number of carbonyl (C=O) groups excluding carboxylic acids is 1. The second kappa shape index (κ2) is 7.44. The number of benzene rings is 2. The summed E-state index contributed by atoms with van der Waals surface area (Å²) in [6.45, 7) is 1.93. The molecule has 3 aromatic rings. The van der Waals surface area contributed by atoms with Crippen LogP contribution in [0.15, 0.2) is 61.1 Å². The monoisotopic (exact) mass is 335 g/mol. The maximum Gasteiger partial charge on any atom is 0.255 e. The lowest BCUT2D eigenvalue weighted by atomic mass is 10.1. The van der Waals surface area contributed by atoms with Crippen molar-refractivity contribution < 1.29 is 14.3 Å². The molecule has 3 rings (SSSR count).